The predicted octanol–water partition coefficient (Wildman–Crippen LogP) is 2.62. The van der Waals surface area contributed by atoms with Crippen molar-refractivity contribution in [2.24, 2.45) is 10.8 Å². The van der Waals surface area contributed by atoms with E-state index < -0.39 is 53.3 Å². The van der Waals surface area contributed by atoms with E-state index in [1.165, 1.54) is 7.11 Å². The number of rotatable bonds is 5. The molecule has 0 saturated carbocycles. The maximum absolute atomic E-state index is 12.5. The van der Waals surface area contributed by atoms with Crippen LogP contribution in [0.25, 0.3) is 0 Å². The largest absolute Gasteiger partial charge is 0.467 e. The number of hydrogen-bond acceptors (Lipinski definition) is 8. The van der Waals surface area contributed by atoms with Crippen molar-refractivity contribution in [2.75, 3.05) is 7.11 Å². The van der Waals surface area contributed by atoms with Crippen molar-refractivity contribution in [3.05, 3.63) is 0 Å². The molecule has 0 aromatic heterocycles. The summed E-state index contributed by atoms with van der Waals surface area (Å²) < 4.78 is 27.5. The zero-order valence-corrected chi connectivity index (χ0v) is 18.4. The monoisotopic (exact) mass is 402 g/mol. The maximum atomic E-state index is 12.5. The van der Waals surface area contributed by atoms with E-state index in [-0.39, 0.29) is 12.5 Å². The Hall–Kier alpha value is -1.67. The fourth-order valence-electron chi connectivity index (χ4n) is 2.34. The summed E-state index contributed by atoms with van der Waals surface area (Å²) in [7, 11) is 1.24. The Balaban J connectivity index is 3.22. The number of carbonyl (C=O) groups excluding carboxylic acids is 3. The quantitative estimate of drug-likeness (QED) is 0.511. The molecule has 1 fully saturated rings. The van der Waals surface area contributed by atoms with Gasteiger partial charge < -0.3 is 23.7 Å². The van der Waals surface area contributed by atoms with Gasteiger partial charge in [0.15, 0.2) is 18.5 Å². The molecule has 1 aliphatic rings. The third-order valence-corrected chi connectivity index (χ3v) is 3.98. The topological polar surface area (TPSA) is 97.4 Å². The third kappa shape index (κ3) is 6.74. The average molecular weight is 402 g/mol. The van der Waals surface area contributed by atoms with Crippen LogP contribution in [0.1, 0.15) is 61.8 Å². The van der Waals surface area contributed by atoms with Crippen LogP contribution < -0.4 is 0 Å². The van der Waals surface area contributed by atoms with Gasteiger partial charge in [0.05, 0.1) is 24.0 Å². The molecule has 4 atom stereocenters. The molecule has 0 bridgehead atoms. The molecule has 0 unspecified atom stereocenters. The Bertz CT molecular complexity index is 570. The molecule has 162 valence electrons. The summed E-state index contributed by atoms with van der Waals surface area (Å²) in [4.78, 5) is 37.0. The van der Waals surface area contributed by atoms with Crippen molar-refractivity contribution in [3.8, 4) is 0 Å². The molecule has 0 aliphatic carbocycles. The van der Waals surface area contributed by atoms with Crippen LogP contribution in [0.5, 0.6) is 0 Å². The summed E-state index contributed by atoms with van der Waals surface area (Å²) in [5.74, 6) is -1.59. The number of carbonyl (C=O) groups is 3. The Morgan fingerprint density at radius 1 is 0.929 bits per heavy atom. The van der Waals surface area contributed by atoms with Gasteiger partial charge in [-0.15, -0.1) is 0 Å². The van der Waals surface area contributed by atoms with Gasteiger partial charge in [-0.2, -0.15) is 0 Å². The van der Waals surface area contributed by atoms with Gasteiger partial charge in [-0.05, 0) is 55.4 Å². The van der Waals surface area contributed by atoms with Crippen molar-refractivity contribution in [1.82, 2.24) is 0 Å². The Labute approximate surface area is 167 Å². The van der Waals surface area contributed by atoms with Gasteiger partial charge in [0.2, 0.25) is 0 Å². The first-order chi connectivity index (χ1) is 12.7. The minimum Gasteiger partial charge on any atom is -0.467 e. The van der Waals surface area contributed by atoms with E-state index in [2.05, 4.69) is 0 Å². The smallest absolute Gasteiger partial charge is 0.335 e. The Morgan fingerprint density at radius 3 is 1.86 bits per heavy atom. The van der Waals surface area contributed by atoms with Crippen LogP contribution in [0.4, 0.5) is 0 Å². The Kier molecular flexibility index (Phi) is 8.02. The van der Waals surface area contributed by atoms with E-state index in [1.54, 1.807) is 55.4 Å². The molecule has 1 rings (SSSR count). The molecule has 0 aromatic rings. The molecule has 0 aromatic carbocycles. The fourth-order valence-corrected chi connectivity index (χ4v) is 2.34. The standard InChI is InChI=1S/C20H34O8/c1-11(2)25-16-14(28-18(23)20(6,7)8)12(27-17(22)19(3,4)5)10-13(26-16)15(21)24-9/h11-14,16H,10H2,1-9H3/t12-,13-,14-,16-/m0/s1. The van der Waals surface area contributed by atoms with E-state index in [1.807, 2.05) is 0 Å². The minimum absolute atomic E-state index is 0.00542. The molecular weight excluding hydrogens is 368 g/mol. The molecular formula is C20H34O8. The lowest BCUT2D eigenvalue weighted by Crippen LogP contribution is -2.56. The summed E-state index contributed by atoms with van der Waals surface area (Å²) in [6.45, 7) is 13.8. The number of hydrogen-bond donors (Lipinski definition) is 0. The fraction of sp³-hybridized carbons (Fsp3) is 0.850. The van der Waals surface area contributed by atoms with Crippen LogP contribution in [0, 0.1) is 10.8 Å². The lowest BCUT2D eigenvalue weighted by Gasteiger charge is -2.41. The minimum atomic E-state index is -1.08. The van der Waals surface area contributed by atoms with Crippen LogP contribution in [-0.2, 0) is 38.1 Å². The van der Waals surface area contributed by atoms with Gasteiger partial charge in [-0.1, -0.05) is 0 Å². The van der Waals surface area contributed by atoms with Crippen LogP contribution in [-0.4, -0.2) is 55.7 Å². The maximum Gasteiger partial charge on any atom is 0.335 e. The summed E-state index contributed by atoms with van der Waals surface area (Å²) in [6, 6.07) is 0. The molecule has 1 aliphatic heterocycles. The average Bonchev–Trinajstić information content (AvgIpc) is 2.53. The zero-order chi connectivity index (χ0) is 21.9. The van der Waals surface area contributed by atoms with Crippen molar-refractivity contribution >= 4 is 17.9 Å². The van der Waals surface area contributed by atoms with Crippen molar-refractivity contribution in [1.29, 1.82) is 0 Å². The number of methoxy groups -OCH3 is 1. The molecule has 0 radical (unpaired) electrons. The predicted molar refractivity (Wildman–Crippen MR) is 100 cm³/mol. The van der Waals surface area contributed by atoms with Crippen LogP contribution in [0.15, 0.2) is 0 Å². The SMILES string of the molecule is COC(=O)[C@@H]1C[C@H](OC(=O)C(C)(C)C)[C@H](OC(=O)C(C)(C)C)[C@@H](OC(C)C)O1. The van der Waals surface area contributed by atoms with Gasteiger partial charge in [-0.3, -0.25) is 9.59 Å². The van der Waals surface area contributed by atoms with Crippen molar-refractivity contribution in [2.45, 2.75) is 92.5 Å². The molecule has 1 saturated heterocycles. The lowest BCUT2D eigenvalue weighted by molar-refractivity contribution is -0.285. The highest BCUT2D eigenvalue weighted by Gasteiger charge is 2.48. The van der Waals surface area contributed by atoms with Crippen LogP contribution in [0.3, 0.4) is 0 Å². The van der Waals surface area contributed by atoms with E-state index in [0.717, 1.165) is 0 Å². The van der Waals surface area contributed by atoms with Gasteiger partial charge in [0.25, 0.3) is 0 Å². The number of ether oxygens (including phenoxy) is 5. The van der Waals surface area contributed by atoms with Crippen molar-refractivity contribution in [3.63, 3.8) is 0 Å². The van der Waals surface area contributed by atoms with Crippen molar-refractivity contribution < 1.29 is 38.1 Å². The second kappa shape index (κ2) is 9.22. The number of esters is 3. The zero-order valence-electron chi connectivity index (χ0n) is 18.4. The van der Waals surface area contributed by atoms with E-state index in [4.69, 9.17) is 23.7 Å². The Morgan fingerprint density at radius 2 is 1.43 bits per heavy atom. The normalized spacial score (nSPS) is 25.9. The first-order valence-corrected chi connectivity index (χ1v) is 9.47. The molecule has 0 spiro atoms. The van der Waals surface area contributed by atoms with E-state index in [9.17, 15) is 14.4 Å². The van der Waals surface area contributed by atoms with Gasteiger partial charge >= 0.3 is 17.9 Å². The van der Waals surface area contributed by atoms with Gasteiger partial charge in [0, 0.05) is 6.42 Å². The van der Waals surface area contributed by atoms with Crippen LogP contribution in [0.2, 0.25) is 0 Å². The third-order valence-electron chi connectivity index (χ3n) is 3.98. The van der Waals surface area contributed by atoms with E-state index in [0.29, 0.717) is 0 Å². The van der Waals surface area contributed by atoms with Crippen LogP contribution >= 0.6 is 0 Å². The summed E-state index contributed by atoms with van der Waals surface area (Å²) >= 11 is 0. The summed E-state index contributed by atoms with van der Waals surface area (Å²) in [5.41, 5.74) is -1.55. The van der Waals surface area contributed by atoms with E-state index >= 15 is 0 Å². The highest BCUT2D eigenvalue weighted by molar-refractivity contribution is 5.77. The first kappa shape index (κ1) is 24.4. The first-order valence-electron chi connectivity index (χ1n) is 9.47. The van der Waals surface area contributed by atoms with Gasteiger partial charge in [0.1, 0.15) is 6.10 Å². The van der Waals surface area contributed by atoms with Gasteiger partial charge in [-0.25, -0.2) is 4.79 Å². The molecule has 0 N–H and O–H groups in total. The molecule has 0 amide bonds. The highest BCUT2D eigenvalue weighted by Crippen LogP contribution is 2.31. The summed E-state index contributed by atoms with van der Waals surface area (Å²) in [6.07, 6.45) is -4.30. The highest BCUT2D eigenvalue weighted by atomic mass is 16.7. The summed E-state index contributed by atoms with van der Waals surface area (Å²) in [5, 5.41) is 0. The molecule has 8 nitrogen and oxygen atoms in total. The molecule has 8 heteroatoms. The lowest BCUT2D eigenvalue weighted by atomic mass is 9.95. The second-order valence-electron chi connectivity index (χ2n) is 9.25. The molecule has 1 heterocycles. The molecule has 28 heavy (non-hydrogen) atoms. The second-order valence-corrected chi connectivity index (χ2v) is 9.25.